The number of hydrogen-bond acceptors (Lipinski definition) is 3. The van der Waals surface area contributed by atoms with Crippen LogP contribution in [-0.2, 0) is 0 Å². The Hall–Kier alpha value is -2.31. The third kappa shape index (κ3) is 2.98. The molecular weight excluding hydrogens is 290 g/mol. The van der Waals surface area contributed by atoms with Crippen molar-refractivity contribution in [2.24, 2.45) is 0 Å². The molecule has 0 radical (unpaired) electrons. The second-order valence-corrected chi connectivity index (χ2v) is 5.31. The van der Waals surface area contributed by atoms with Crippen LogP contribution in [0.5, 0.6) is 0 Å². The van der Waals surface area contributed by atoms with Gasteiger partial charge in [-0.2, -0.15) is 13.9 Å². The number of aromatic nitrogens is 3. The van der Waals surface area contributed by atoms with Crippen molar-refractivity contribution in [1.29, 1.82) is 0 Å². The molecule has 1 fully saturated rings. The molecule has 22 heavy (non-hydrogen) atoms. The Balaban J connectivity index is 1.62. The summed E-state index contributed by atoms with van der Waals surface area (Å²) in [7, 11) is 0. The number of piperidine rings is 1. The molecule has 1 aliphatic heterocycles. The molecule has 3 heterocycles. The summed E-state index contributed by atoms with van der Waals surface area (Å²) in [6.07, 6.45) is 6.37. The van der Waals surface area contributed by atoms with Crippen molar-refractivity contribution in [2.45, 2.75) is 25.3 Å². The normalized spacial score (nSPS) is 16.2. The van der Waals surface area contributed by atoms with Crippen molar-refractivity contribution in [2.75, 3.05) is 13.1 Å². The number of likely N-dealkylation sites (tertiary alicyclic amines) is 1. The molecule has 1 aliphatic rings. The number of nitrogens with zero attached hydrogens (tertiary/aromatic N) is 4. The SMILES string of the molecule is O=C(c1ccn(C(F)F)n1)N1CCC(c2ccncc2)CC1. The first kappa shape index (κ1) is 14.6. The largest absolute Gasteiger partial charge is 0.337 e. The monoisotopic (exact) mass is 306 g/mol. The molecule has 5 nitrogen and oxygen atoms in total. The molecule has 1 amide bonds. The van der Waals surface area contributed by atoms with Crippen molar-refractivity contribution in [3.8, 4) is 0 Å². The van der Waals surface area contributed by atoms with Gasteiger partial charge in [0, 0.05) is 31.7 Å². The summed E-state index contributed by atoms with van der Waals surface area (Å²) in [4.78, 5) is 18.0. The zero-order valence-electron chi connectivity index (χ0n) is 11.9. The first-order valence-corrected chi connectivity index (χ1v) is 7.17. The predicted molar refractivity (Wildman–Crippen MR) is 75.6 cm³/mol. The van der Waals surface area contributed by atoms with Crippen LogP contribution in [0.3, 0.4) is 0 Å². The van der Waals surface area contributed by atoms with Crippen molar-refractivity contribution < 1.29 is 13.6 Å². The summed E-state index contributed by atoms with van der Waals surface area (Å²) in [6.45, 7) is -1.51. The Kier molecular flexibility index (Phi) is 4.13. The Bertz CT molecular complexity index is 636. The summed E-state index contributed by atoms with van der Waals surface area (Å²) in [5, 5.41) is 3.63. The molecule has 0 unspecified atom stereocenters. The van der Waals surface area contributed by atoms with Crippen LogP contribution >= 0.6 is 0 Å². The van der Waals surface area contributed by atoms with Gasteiger partial charge >= 0.3 is 6.55 Å². The Morgan fingerprint density at radius 3 is 2.45 bits per heavy atom. The number of rotatable bonds is 3. The van der Waals surface area contributed by atoms with Crippen molar-refractivity contribution in [3.05, 3.63) is 48.0 Å². The maximum absolute atomic E-state index is 12.5. The summed E-state index contributed by atoms with van der Waals surface area (Å²) < 4.78 is 25.5. The van der Waals surface area contributed by atoms with Gasteiger partial charge in [0.05, 0.1) is 0 Å². The highest BCUT2D eigenvalue weighted by molar-refractivity contribution is 5.92. The van der Waals surface area contributed by atoms with E-state index in [0.29, 0.717) is 23.7 Å². The Morgan fingerprint density at radius 1 is 1.18 bits per heavy atom. The van der Waals surface area contributed by atoms with Crippen LogP contribution in [0.2, 0.25) is 0 Å². The van der Waals surface area contributed by atoms with E-state index in [1.54, 1.807) is 17.3 Å². The van der Waals surface area contributed by atoms with Gasteiger partial charge in [0.25, 0.3) is 5.91 Å². The van der Waals surface area contributed by atoms with Gasteiger partial charge in [-0.1, -0.05) is 0 Å². The molecule has 7 heteroatoms. The molecule has 0 aliphatic carbocycles. The fraction of sp³-hybridized carbons (Fsp3) is 0.400. The van der Waals surface area contributed by atoms with Gasteiger partial charge in [-0.3, -0.25) is 9.78 Å². The summed E-state index contributed by atoms with van der Waals surface area (Å²) >= 11 is 0. The second kappa shape index (κ2) is 6.21. The maximum Gasteiger partial charge on any atom is 0.333 e. The number of carbonyl (C=O) groups is 1. The lowest BCUT2D eigenvalue weighted by Crippen LogP contribution is -2.38. The smallest absolute Gasteiger partial charge is 0.333 e. The van der Waals surface area contributed by atoms with E-state index < -0.39 is 6.55 Å². The van der Waals surface area contributed by atoms with Crippen molar-refractivity contribution >= 4 is 5.91 Å². The van der Waals surface area contributed by atoms with E-state index in [2.05, 4.69) is 10.1 Å². The van der Waals surface area contributed by atoms with Gasteiger partial charge in [0.15, 0.2) is 5.69 Å². The Morgan fingerprint density at radius 2 is 1.86 bits per heavy atom. The van der Waals surface area contributed by atoms with Crippen molar-refractivity contribution in [1.82, 2.24) is 19.7 Å². The average molecular weight is 306 g/mol. The first-order valence-electron chi connectivity index (χ1n) is 7.17. The van der Waals surface area contributed by atoms with Gasteiger partial charge in [0.2, 0.25) is 0 Å². The lowest BCUT2D eigenvalue weighted by molar-refractivity contribution is 0.0547. The van der Waals surface area contributed by atoms with Crippen LogP contribution in [0.15, 0.2) is 36.8 Å². The number of alkyl halides is 2. The number of carbonyl (C=O) groups excluding carboxylic acids is 1. The average Bonchev–Trinajstić information content (AvgIpc) is 3.05. The Labute approximate surface area is 126 Å². The molecule has 3 rings (SSSR count). The minimum absolute atomic E-state index is 0.0719. The van der Waals surface area contributed by atoms with Crippen LogP contribution in [0.25, 0.3) is 0 Å². The van der Waals surface area contributed by atoms with Gasteiger partial charge in [0.1, 0.15) is 0 Å². The number of pyridine rings is 1. The lowest BCUT2D eigenvalue weighted by atomic mass is 9.90. The summed E-state index contributed by atoms with van der Waals surface area (Å²) in [5.41, 5.74) is 1.30. The highest BCUT2D eigenvalue weighted by Gasteiger charge is 2.26. The topological polar surface area (TPSA) is 51.0 Å². The lowest BCUT2D eigenvalue weighted by Gasteiger charge is -2.31. The number of halogens is 2. The molecule has 1 saturated heterocycles. The minimum atomic E-state index is -2.72. The third-order valence-electron chi connectivity index (χ3n) is 3.99. The van der Waals surface area contributed by atoms with E-state index in [1.807, 2.05) is 12.1 Å². The van der Waals surface area contributed by atoms with Gasteiger partial charge in [-0.25, -0.2) is 4.68 Å². The fourth-order valence-electron chi connectivity index (χ4n) is 2.77. The van der Waals surface area contributed by atoms with Crippen LogP contribution in [0.4, 0.5) is 8.78 Å². The molecule has 0 spiro atoms. The van der Waals surface area contributed by atoms with Crippen LogP contribution < -0.4 is 0 Å². The predicted octanol–water partition coefficient (Wildman–Crippen LogP) is 2.69. The van der Waals surface area contributed by atoms with Crippen LogP contribution in [0, 0.1) is 0 Å². The molecule has 0 bridgehead atoms. The summed E-state index contributed by atoms with van der Waals surface area (Å²) in [5.74, 6) is 0.123. The van der Waals surface area contributed by atoms with E-state index in [0.717, 1.165) is 19.0 Å². The van der Waals surface area contributed by atoms with E-state index in [9.17, 15) is 13.6 Å². The number of hydrogen-bond donors (Lipinski definition) is 0. The molecular formula is C15H16F2N4O. The van der Waals surface area contributed by atoms with Gasteiger partial charge in [-0.05, 0) is 42.5 Å². The van der Waals surface area contributed by atoms with E-state index in [-0.39, 0.29) is 11.6 Å². The number of amides is 1. The molecule has 2 aromatic heterocycles. The quantitative estimate of drug-likeness (QED) is 0.876. The highest BCUT2D eigenvalue weighted by Crippen LogP contribution is 2.28. The molecule has 0 aromatic carbocycles. The van der Waals surface area contributed by atoms with E-state index in [4.69, 9.17) is 0 Å². The molecule has 0 N–H and O–H groups in total. The summed E-state index contributed by atoms with van der Waals surface area (Å²) in [6, 6.07) is 5.32. The third-order valence-corrected chi connectivity index (χ3v) is 3.99. The van der Waals surface area contributed by atoms with E-state index in [1.165, 1.54) is 11.6 Å². The van der Waals surface area contributed by atoms with Crippen LogP contribution in [-0.4, -0.2) is 38.7 Å². The maximum atomic E-state index is 12.5. The van der Waals surface area contributed by atoms with Gasteiger partial charge in [-0.15, -0.1) is 0 Å². The fourth-order valence-corrected chi connectivity index (χ4v) is 2.77. The standard InChI is InChI=1S/C15H16F2N4O/c16-15(17)21-10-5-13(19-21)14(22)20-8-3-12(4-9-20)11-1-6-18-7-2-11/h1-2,5-7,10,12,15H,3-4,8-9H2. The second-order valence-electron chi connectivity index (χ2n) is 5.31. The zero-order chi connectivity index (χ0) is 15.5. The zero-order valence-corrected chi connectivity index (χ0v) is 11.9. The molecule has 0 saturated carbocycles. The molecule has 2 aromatic rings. The molecule has 0 atom stereocenters. The first-order chi connectivity index (χ1) is 10.6. The highest BCUT2D eigenvalue weighted by atomic mass is 19.3. The van der Waals surface area contributed by atoms with Crippen molar-refractivity contribution in [3.63, 3.8) is 0 Å². The van der Waals surface area contributed by atoms with Crippen LogP contribution in [0.1, 0.15) is 41.4 Å². The minimum Gasteiger partial charge on any atom is -0.337 e. The van der Waals surface area contributed by atoms with Gasteiger partial charge < -0.3 is 4.90 Å². The molecule has 116 valence electrons. The van der Waals surface area contributed by atoms with E-state index >= 15 is 0 Å².